The van der Waals surface area contributed by atoms with E-state index >= 15 is 0 Å². The molecule has 4 bridgehead atoms. The number of amides is 2. The van der Waals surface area contributed by atoms with Crippen molar-refractivity contribution in [1.82, 2.24) is 15.5 Å². The molecule has 3 N–H and O–H groups in total. The Morgan fingerprint density at radius 3 is 2.82 bits per heavy atom. The van der Waals surface area contributed by atoms with Gasteiger partial charge in [0.25, 0.3) is 5.91 Å². The number of carbonyl (C=O) groups is 2. The van der Waals surface area contributed by atoms with Gasteiger partial charge in [-0.2, -0.15) is 0 Å². The molecule has 9 nitrogen and oxygen atoms in total. The van der Waals surface area contributed by atoms with Crippen LogP contribution < -0.4 is 20.1 Å². The lowest BCUT2D eigenvalue weighted by atomic mass is 10.0. The molecule has 0 aromatic heterocycles. The third-order valence-corrected chi connectivity index (χ3v) is 7.17. The van der Waals surface area contributed by atoms with Crippen molar-refractivity contribution in [2.45, 2.75) is 50.9 Å². The second-order valence-electron chi connectivity index (χ2n) is 10.4. The van der Waals surface area contributed by atoms with E-state index in [1.807, 2.05) is 24.3 Å². The number of piperidine rings is 1. The first-order valence-electron chi connectivity index (χ1n) is 13.6. The number of benzene rings is 2. The number of carbonyl (C=O) groups excluding carboxylic acids is 2. The van der Waals surface area contributed by atoms with E-state index in [0.29, 0.717) is 54.9 Å². The monoisotopic (exact) mass is 523 g/mol. The van der Waals surface area contributed by atoms with Crippen molar-refractivity contribution in [3.05, 3.63) is 53.6 Å². The second kappa shape index (κ2) is 12.6. The summed E-state index contributed by atoms with van der Waals surface area (Å²) in [4.78, 5) is 28.1. The topological polar surface area (TPSA) is 109 Å². The van der Waals surface area contributed by atoms with Gasteiger partial charge < -0.3 is 34.9 Å². The molecule has 1 saturated carbocycles. The quantitative estimate of drug-likeness (QED) is 0.534. The van der Waals surface area contributed by atoms with Crippen molar-refractivity contribution in [3.63, 3.8) is 0 Å². The van der Waals surface area contributed by atoms with E-state index in [1.54, 1.807) is 18.2 Å². The first-order chi connectivity index (χ1) is 18.6. The lowest BCUT2D eigenvalue weighted by Crippen LogP contribution is -2.56. The first-order valence-corrected chi connectivity index (χ1v) is 13.6. The van der Waals surface area contributed by atoms with Gasteiger partial charge in [0.15, 0.2) is 0 Å². The van der Waals surface area contributed by atoms with Gasteiger partial charge in [-0.15, -0.1) is 0 Å². The highest BCUT2D eigenvalue weighted by atomic mass is 16.5. The summed E-state index contributed by atoms with van der Waals surface area (Å²) in [7, 11) is 0. The summed E-state index contributed by atoms with van der Waals surface area (Å²) in [6.45, 7) is 3.63. The molecule has 0 spiro atoms. The lowest BCUT2D eigenvalue weighted by Gasteiger charge is -2.38. The summed E-state index contributed by atoms with van der Waals surface area (Å²) in [6.07, 6.45) is 3.83. The Bertz CT molecular complexity index is 1120. The predicted molar refractivity (Wildman–Crippen MR) is 141 cm³/mol. The standard InChI is InChI=1S/C29H37N3O6/c33-12-2-10-32-11-8-27-26(17-32)31-28(34)7-9-30-29(35)22-14-24(36-18-20-5-6-20)16-25(15-22)38-23-4-1-3-21(13-23)19-37-27/h1,3-4,13-16,20,26-27,33H,2,5-12,17-19H2,(H,30,35)(H,31,34)/t26-,27+/m0/s1. The maximum Gasteiger partial charge on any atom is 0.251 e. The van der Waals surface area contributed by atoms with Crippen molar-refractivity contribution < 1.29 is 28.9 Å². The molecule has 2 fully saturated rings. The van der Waals surface area contributed by atoms with E-state index in [2.05, 4.69) is 15.5 Å². The van der Waals surface area contributed by atoms with E-state index < -0.39 is 0 Å². The van der Waals surface area contributed by atoms with Crippen molar-refractivity contribution in [1.29, 1.82) is 0 Å². The minimum atomic E-state index is -0.286. The maximum absolute atomic E-state index is 13.0. The molecule has 2 atom stereocenters. The van der Waals surface area contributed by atoms with Crippen LogP contribution in [0.1, 0.15) is 48.0 Å². The number of rotatable bonds is 6. The van der Waals surface area contributed by atoms with Crippen molar-refractivity contribution >= 4 is 11.8 Å². The number of nitrogens with one attached hydrogen (secondary N) is 2. The Kier molecular flexibility index (Phi) is 8.78. The number of hydrogen-bond acceptors (Lipinski definition) is 7. The molecular formula is C29H37N3O6. The summed E-state index contributed by atoms with van der Waals surface area (Å²) in [6, 6.07) is 12.7. The van der Waals surface area contributed by atoms with E-state index in [-0.39, 0.29) is 43.5 Å². The zero-order valence-corrected chi connectivity index (χ0v) is 21.7. The predicted octanol–water partition coefficient (Wildman–Crippen LogP) is 2.86. The third kappa shape index (κ3) is 7.46. The number of likely N-dealkylation sites (tertiary alicyclic amines) is 1. The summed E-state index contributed by atoms with van der Waals surface area (Å²) in [5.41, 5.74) is 1.38. The number of nitrogens with zero attached hydrogens (tertiary/aromatic N) is 1. The van der Waals surface area contributed by atoms with Crippen molar-refractivity contribution in [3.8, 4) is 17.2 Å². The van der Waals surface area contributed by atoms with Crippen LogP contribution in [0.5, 0.6) is 17.2 Å². The van der Waals surface area contributed by atoms with Gasteiger partial charge in [0.2, 0.25) is 5.91 Å². The van der Waals surface area contributed by atoms with E-state index in [9.17, 15) is 14.7 Å². The number of hydrogen-bond donors (Lipinski definition) is 3. The maximum atomic E-state index is 13.0. The van der Waals surface area contributed by atoms with Gasteiger partial charge in [-0.1, -0.05) is 12.1 Å². The molecule has 2 heterocycles. The Labute approximate surface area is 223 Å². The van der Waals surface area contributed by atoms with Gasteiger partial charge in [0, 0.05) is 50.8 Å². The molecule has 38 heavy (non-hydrogen) atoms. The molecule has 2 amide bonds. The van der Waals surface area contributed by atoms with Crippen molar-refractivity contribution in [2.24, 2.45) is 5.92 Å². The number of aliphatic hydroxyl groups excluding tert-OH is 1. The second-order valence-corrected chi connectivity index (χ2v) is 10.4. The Morgan fingerprint density at radius 1 is 1.08 bits per heavy atom. The van der Waals surface area contributed by atoms with Crippen LogP contribution in [-0.4, -0.2) is 73.4 Å². The smallest absolute Gasteiger partial charge is 0.251 e. The van der Waals surface area contributed by atoms with Crippen LogP contribution in [0.25, 0.3) is 0 Å². The van der Waals surface area contributed by atoms with Gasteiger partial charge in [-0.3, -0.25) is 9.59 Å². The fourth-order valence-corrected chi connectivity index (χ4v) is 4.89. The van der Waals surface area contributed by atoms with Gasteiger partial charge in [-0.25, -0.2) is 0 Å². The average molecular weight is 524 g/mol. The number of ether oxygens (including phenoxy) is 3. The Morgan fingerprint density at radius 2 is 1.97 bits per heavy atom. The molecule has 1 aliphatic carbocycles. The lowest BCUT2D eigenvalue weighted by molar-refractivity contribution is -0.124. The van der Waals surface area contributed by atoms with Crippen LogP contribution in [-0.2, 0) is 16.1 Å². The highest BCUT2D eigenvalue weighted by Gasteiger charge is 2.31. The van der Waals surface area contributed by atoms with Crippen molar-refractivity contribution in [2.75, 3.05) is 39.4 Å². The van der Waals surface area contributed by atoms with E-state index in [4.69, 9.17) is 14.2 Å². The van der Waals surface area contributed by atoms with Crippen LogP contribution >= 0.6 is 0 Å². The highest BCUT2D eigenvalue weighted by Crippen LogP contribution is 2.32. The molecule has 1 saturated heterocycles. The fraction of sp³-hybridized carbons (Fsp3) is 0.517. The molecule has 204 valence electrons. The SMILES string of the molecule is O=C1CCNC(=O)c2cc(OCC3CC3)cc(c2)Oc2cccc(c2)CO[C@@H]2CCN(CCCO)C[C@@H]2N1. The zero-order chi connectivity index (χ0) is 26.3. The molecule has 0 unspecified atom stereocenters. The summed E-state index contributed by atoms with van der Waals surface area (Å²) >= 11 is 0. The average Bonchev–Trinajstić information content (AvgIpc) is 3.74. The summed E-state index contributed by atoms with van der Waals surface area (Å²) in [5, 5.41) is 15.2. The molecule has 3 aliphatic rings. The van der Waals surface area contributed by atoms with E-state index in [1.165, 1.54) is 12.8 Å². The fourth-order valence-electron chi connectivity index (χ4n) is 4.89. The Balaban J connectivity index is 1.36. The minimum Gasteiger partial charge on any atom is -0.493 e. The van der Waals surface area contributed by atoms with Gasteiger partial charge in [0.05, 0.1) is 25.4 Å². The van der Waals surface area contributed by atoms with Gasteiger partial charge >= 0.3 is 0 Å². The zero-order valence-electron chi connectivity index (χ0n) is 21.7. The van der Waals surface area contributed by atoms with Gasteiger partial charge in [0.1, 0.15) is 17.2 Å². The Hall–Kier alpha value is -3.14. The molecule has 0 radical (unpaired) electrons. The van der Waals surface area contributed by atoms with Gasteiger partial charge in [-0.05, 0) is 61.4 Å². The van der Waals surface area contributed by atoms with Crippen LogP contribution in [0.15, 0.2) is 42.5 Å². The van der Waals surface area contributed by atoms with Crippen LogP contribution in [0.3, 0.4) is 0 Å². The highest BCUT2D eigenvalue weighted by molar-refractivity contribution is 5.95. The van der Waals surface area contributed by atoms with Crippen LogP contribution in [0, 0.1) is 5.92 Å². The normalized spacial score (nSPS) is 22.9. The first kappa shape index (κ1) is 26.5. The molecule has 2 aromatic rings. The summed E-state index contributed by atoms with van der Waals surface area (Å²) < 4.78 is 18.4. The number of fused-ring (bicyclic) bond motifs is 5. The van der Waals surface area contributed by atoms with Crippen LogP contribution in [0.2, 0.25) is 0 Å². The van der Waals surface area contributed by atoms with Crippen LogP contribution in [0.4, 0.5) is 0 Å². The summed E-state index contributed by atoms with van der Waals surface area (Å²) in [5.74, 6) is 1.90. The molecule has 5 rings (SSSR count). The molecule has 9 heteroatoms. The number of aliphatic hydroxyl groups is 1. The molecule has 2 aromatic carbocycles. The largest absolute Gasteiger partial charge is 0.493 e. The third-order valence-electron chi connectivity index (χ3n) is 7.17. The molecular weight excluding hydrogens is 486 g/mol. The van der Waals surface area contributed by atoms with E-state index in [0.717, 1.165) is 25.1 Å². The molecule has 2 aliphatic heterocycles. The minimum absolute atomic E-state index is 0.134.